The molecule has 26 heavy (non-hydrogen) atoms. The summed E-state index contributed by atoms with van der Waals surface area (Å²) in [6.07, 6.45) is 4.43. The largest absolute Gasteiger partial charge is 0.438 e. The summed E-state index contributed by atoms with van der Waals surface area (Å²) in [5, 5.41) is 0. The second kappa shape index (κ2) is 8.26. The Labute approximate surface area is 155 Å². The molecule has 148 valence electrons. The van der Waals surface area contributed by atoms with Crippen LogP contribution in [0.5, 0.6) is 0 Å². The average Bonchev–Trinajstić information content (AvgIpc) is 3.32. The van der Waals surface area contributed by atoms with Crippen molar-refractivity contribution in [3.8, 4) is 0 Å². The van der Waals surface area contributed by atoms with Gasteiger partial charge in [-0.15, -0.1) is 0 Å². The summed E-state index contributed by atoms with van der Waals surface area (Å²) >= 11 is 0. The molecule has 8 unspecified atom stereocenters. The average molecular weight is 368 g/mol. The van der Waals surface area contributed by atoms with Gasteiger partial charge >= 0.3 is 11.9 Å². The predicted molar refractivity (Wildman–Crippen MR) is 93.7 cm³/mol. The maximum Gasteiger partial charge on any atom is 0.312 e. The molecule has 0 aliphatic heterocycles. The Balaban J connectivity index is 1.87. The van der Waals surface area contributed by atoms with Crippen LogP contribution in [0.1, 0.15) is 39.5 Å². The van der Waals surface area contributed by atoms with Gasteiger partial charge in [0.2, 0.25) is 0 Å². The number of esters is 2. The van der Waals surface area contributed by atoms with Crippen molar-refractivity contribution >= 4 is 11.9 Å². The lowest BCUT2D eigenvalue weighted by Gasteiger charge is -2.38. The molecule has 0 radical (unpaired) electrons. The molecule has 3 aliphatic rings. The van der Waals surface area contributed by atoms with E-state index >= 15 is 0 Å². The third-order valence-corrected chi connectivity index (χ3v) is 7.21. The van der Waals surface area contributed by atoms with Crippen molar-refractivity contribution in [1.29, 1.82) is 0 Å². The van der Waals surface area contributed by atoms with E-state index in [0.717, 1.165) is 19.3 Å². The molecule has 3 saturated carbocycles. The molecule has 3 aliphatic carbocycles. The maximum absolute atomic E-state index is 12.8. The molecule has 0 aromatic heterocycles. The van der Waals surface area contributed by atoms with Crippen molar-refractivity contribution < 1.29 is 28.5 Å². The van der Waals surface area contributed by atoms with Crippen LogP contribution in [0.15, 0.2) is 0 Å². The quantitative estimate of drug-likeness (QED) is 0.485. The van der Waals surface area contributed by atoms with Gasteiger partial charge in [-0.2, -0.15) is 0 Å². The second-order valence-electron chi connectivity index (χ2n) is 8.08. The van der Waals surface area contributed by atoms with Gasteiger partial charge < -0.3 is 18.9 Å². The van der Waals surface area contributed by atoms with E-state index < -0.39 is 11.8 Å². The van der Waals surface area contributed by atoms with E-state index in [4.69, 9.17) is 18.9 Å². The number of fused-ring (bicyclic) bond motifs is 5. The zero-order valence-electron chi connectivity index (χ0n) is 16.3. The molecule has 0 spiro atoms. The maximum atomic E-state index is 12.8. The highest BCUT2D eigenvalue weighted by Crippen LogP contribution is 2.67. The molecule has 0 saturated heterocycles. The molecule has 0 aromatic rings. The number of rotatable bonds is 8. The van der Waals surface area contributed by atoms with Gasteiger partial charge in [0.1, 0.15) is 0 Å². The fourth-order valence-corrected chi connectivity index (χ4v) is 6.48. The third kappa shape index (κ3) is 3.15. The molecule has 3 fully saturated rings. The van der Waals surface area contributed by atoms with E-state index in [1.165, 1.54) is 20.6 Å². The monoisotopic (exact) mass is 368 g/mol. The molecule has 0 aromatic carbocycles. The molecular weight excluding hydrogens is 336 g/mol. The van der Waals surface area contributed by atoms with Gasteiger partial charge in [0.15, 0.2) is 13.6 Å². The summed E-state index contributed by atoms with van der Waals surface area (Å²) in [5.41, 5.74) is 0. The van der Waals surface area contributed by atoms with Crippen molar-refractivity contribution in [2.45, 2.75) is 39.5 Å². The van der Waals surface area contributed by atoms with E-state index in [0.29, 0.717) is 23.7 Å². The van der Waals surface area contributed by atoms with Crippen molar-refractivity contribution in [1.82, 2.24) is 0 Å². The summed E-state index contributed by atoms with van der Waals surface area (Å²) in [5.74, 6) is 1.34. The lowest BCUT2D eigenvalue weighted by molar-refractivity contribution is -0.177. The number of carbonyl (C=O) groups is 2. The van der Waals surface area contributed by atoms with Gasteiger partial charge in [-0.1, -0.05) is 26.7 Å². The normalized spacial score (nSPS) is 40.5. The van der Waals surface area contributed by atoms with Crippen molar-refractivity contribution in [3.63, 3.8) is 0 Å². The molecule has 0 heterocycles. The smallest absolute Gasteiger partial charge is 0.312 e. The fraction of sp³-hybridized carbons (Fsp3) is 0.900. The third-order valence-electron chi connectivity index (χ3n) is 7.21. The van der Waals surface area contributed by atoms with Crippen LogP contribution in [-0.4, -0.2) is 39.7 Å². The van der Waals surface area contributed by atoms with Crippen LogP contribution in [0.2, 0.25) is 0 Å². The molecule has 0 amide bonds. The number of hydrogen-bond donors (Lipinski definition) is 0. The first kappa shape index (κ1) is 19.6. The van der Waals surface area contributed by atoms with Gasteiger partial charge in [0, 0.05) is 14.2 Å². The van der Waals surface area contributed by atoms with Crippen LogP contribution in [-0.2, 0) is 28.5 Å². The van der Waals surface area contributed by atoms with Crippen LogP contribution < -0.4 is 0 Å². The summed E-state index contributed by atoms with van der Waals surface area (Å²) in [6, 6.07) is 0. The number of carbonyl (C=O) groups excluding carboxylic acids is 2. The molecular formula is C20H32O6. The summed E-state index contributed by atoms with van der Waals surface area (Å²) in [6.45, 7) is 4.34. The Morgan fingerprint density at radius 1 is 0.769 bits per heavy atom. The highest BCUT2D eigenvalue weighted by atomic mass is 16.7. The van der Waals surface area contributed by atoms with Crippen LogP contribution >= 0.6 is 0 Å². The predicted octanol–water partition coefficient (Wildman–Crippen LogP) is 2.85. The van der Waals surface area contributed by atoms with Crippen LogP contribution in [0.3, 0.4) is 0 Å². The molecule has 0 N–H and O–H groups in total. The Hall–Kier alpha value is -1.14. The fourth-order valence-electron chi connectivity index (χ4n) is 6.48. The summed E-state index contributed by atoms with van der Waals surface area (Å²) < 4.78 is 20.4. The lowest BCUT2D eigenvalue weighted by atomic mass is 9.65. The van der Waals surface area contributed by atoms with Crippen LogP contribution in [0.4, 0.5) is 0 Å². The highest BCUT2D eigenvalue weighted by molar-refractivity contribution is 5.84. The first-order chi connectivity index (χ1) is 12.6. The van der Waals surface area contributed by atoms with Crippen LogP contribution in [0.25, 0.3) is 0 Å². The number of methoxy groups -OCH3 is 2. The minimum Gasteiger partial charge on any atom is -0.438 e. The molecule has 6 heteroatoms. The Bertz CT molecular complexity index is 476. The summed E-state index contributed by atoms with van der Waals surface area (Å²) in [7, 11) is 2.98. The Kier molecular flexibility index (Phi) is 6.23. The molecule has 8 atom stereocenters. The van der Waals surface area contributed by atoms with Gasteiger partial charge in [-0.3, -0.25) is 9.59 Å². The van der Waals surface area contributed by atoms with Crippen LogP contribution in [0, 0.1) is 47.3 Å². The minimum absolute atomic E-state index is 0.0740. The first-order valence-electron chi connectivity index (χ1n) is 9.90. The topological polar surface area (TPSA) is 71.1 Å². The molecule has 6 nitrogen and oxygen atoms in total. The molecule has 2 bridgehead atoms. The SMILES string of the molecule is CCC1CC(CC)C2C3CC(C(C(=O)OCOC)C3C(=O)OCOC)C12. The van der Waals surface area contributed by atoms with Crippen molar-refractivity contribution in [2.24, 2.45) is 47.3 Å². The van der Waals surface area contributed by atoms with Gasteiger partial charge in [-0.05, 0) is 48.3 Å². The molecule has 3 rings (SSSR count). The highest BCUT2D eigenvalue weighted by Gasteiger charge is 2.67. The van der Waals surface area contributed by atoms with E-state index in [1.54, 1.807) is 0 Å². The summed E-state index contributed by atoms with van der Waals surface area (Å²) in [4.78, 5) is 25.6. The lowest BCUT2D eigenvalue weighted by Crippen LogP contribution is -2.44. The standard InChI is InChI=1S/C20H32O6/c1-5-11-7-12(6-2)16-14-8-13(15(11)16)17(19(21)25-9-23-3)18(14)20(22)26-10-24-4/h11-18H,5-10H2,1-4H3. The zero-order chi connectivity index (χ0) is 18.8. The van der Waals surface area contributed by atoms with Gasteiger partial charge in [0.05, 0.1) is 11.8 Å². The van der Waals surface area contributed by atoms with Gasteiger partial charge in [0.25, 0.3) is 0 Å². The van der Waals surface area contributed by atoms with Crippen molar-refractivity contribution in [3.05, 3.63) is 0 Å². The zero-order valence-corrected chi connectivity index (χ0v) is 16.3. The second-order valence-corrected chi connectivity index (χ2v) is 8.08. The first-order valence-corrected chi connectivity index (χ1v) is 9.90. The van der Waals surface area contributed by atoms with E-state index in [1.807, 2.05) is 0 Å². The van der Waals surface area contributed by atoms with Gasteiger partial charge in [-0.25, -0.2) is 0 Å². The van der Waals surface area contributed by atoms with Crippen molar-refractivity contribution in [2.75, 3.05) is 27.8 Å². The van der Waals surface area contributed by atoms with E-state index in [2.05, 4.69) is 13.8 Å². The Morgan fingerprint density at radius 2 is 1.19 bits per heavy atom. The van der Waals surface area contributed by atoms with E-state index in [9.17, 15) is 9.59 Å². The Morgan fingerprint density at radius 3 is 1.54 bits per heavy atom. The minimum atomic E-state index is -0.412. The number of ether oxygens (including phenoxy) is 4. The number of hydrogen-bond acceptors (Lipinski definition) is 6. The van der Waals surface area contributed by atoms with E-state index in [-0.39, 0.29) is 37.4 Å².